The van der Waals surface area contributed by atoms with Gasteiger partial charge in [0.15, 0.2) is 5.13 Å². The first kappa shape index (κ1) is 17.6. The number of rotatable bonds is 5. The lowest BCUT2D eigenvalue weighted by Gasteiger charge is -2.07. The van der Waals surface area contributed by atoms with Crippen LogP contribution >= 0.6 is 27.3 Å². The van der Waals surface area contributed by atoms with Crippen LogP contribution < -0.4 is 10.1 Å². The van der Waals surface area contributed by atoms with Crippen molar-refractivity contribution in [2.75, 3.05) is 12.4 Å². The molecule has 0 bridgehead atoms. The van der Waals surface area contributed by atoms with E-state index in [1.807, 2.05) is 36.7 Å². The van der Waals surface area contributed by atoms with E-state index >= 15 is 0 Å². The number of carbonyl (C=O) groups is 1. The summed E-state index contributed by atoms with van der Waals surface area (Å²) in [6.07, 6.45) is 3.80. The van der Waals surface area contributed by atoms with E-state index in [1.54, 1.807) is 7.11 Å². The lowest BCUT2D eigenvalue weighted by atomic mass is 10.2. The molecule has 0 atom stereocenters. The number of methoxy groups -OCH3 is 1. The fraction of sp³-hybridized carbons (Fsp3) is 0.250. The van der Waals surface area contributed by atoms with Crippen molar-refractivity contribution in [3.63, 3.8) is 0 Å². The van der Waals surface area contributed by atoms with E-state index in [4.69, 9.17) is 4.74 Å². The summed E-state index contributed by atoms with van der Waals surface area (Å²) in [6, 6.07) is 9.98. The van der Waals surface area contributed by atoms with Gasteiger partial charge in [0.1, 0.15) is 11.3 Å². The minimum absolute atomic E-state index is 0.0705. The van der Waals surface area contributed by atoms with Crippen LogP contribution in [0.2, 0.25) is 0 Å². The second-order valence-corrected chi connectivity index (χ2v) is 8.76. The Kier molecular flexibility index (Phi) is 4.32. The lowest BCUT2D eigenvalue weighted by Crippen LogP contribution is -2.12. The van der Waals surface area contributed by atoms with Gasteiger partial charge in [0.25, 0.3) is 0 Å². The van der Waals surface area contributed by atoms with Crippen LogP contribution in [0.25, 0.3) is 21.3 Å². The Bertz CT molecular complexity index is 1190. The van der Waals surface area contributed by atoms with Crippen molar-refractivity contribution in [2.45, 2.75) is 19.4 Å². The topological polar surface area (TPSA) is 69.0 Å². The summed E-state index contributed by atoms with van der Waals surface area (Å²) in [5.74, 6) is 1.06. The summed E-state index contributed by atoms with van der Waals surface area (Å²) in [4.78, 5) is 21.3. The van der Waals surface area contributed by atoms with Gasteiger partial charge in [0.05, 0.1) is 29.2 Å². The van der Waals surface area contributed by atoms with Gasteiger partial charge in [-0.05, 0) is 52.5 Å². The normalized spacial score (nSPS) is 13.9. The van der Waals surface area contributed by atoms with Gasteiger partial charge in [-0.25, -0.2) is 9.97 Å². The van der Waals surface area contributed by atoms with Crippen LogP contribution in [0.3, 0.4) is 0 Å². The lowest BCUT2D eigenvalue weighted by molar-refractivity contribution is -0.117. The van der Waals surface area contributed by atoms with Crippen LogP contribution in [0.1, 0.15) is 18.4 Å². The van der Waals surface area contributed by atoms with Crippen molar-refractivity contribution in [1.29, 1.82) is 0 Å². The molecule has 28 heavy (non-hydrogen) atoms. The molecule has 1 amide bonds. The van der Waals surface area contributed by atoms with Crippen LogP contribution in [-0.4, -0.2) is 27.6 Å². The number of ether oxygens (including phenoxy) is 1. The Labute approximate surface area is 173 Å². The number of nitrogens with zero attached hydrogens (tertiary/aromatic N) is 3. The number of carbonyl (C=O) groups excluding carboxylic acids is 1. The number of hydrogen-bond acceptors (Lipinski definition) is 5. The number of anilines is 1. The van der Waals surface area contributed by atoms with Crippen molar-refractivity contribution in [3.8, 4) is 5.75 Å². The molecule has 0 unspecified atom stereocenters. The van der Waals surface area contributed by atoms with Crippen molar-refractivity contribution in [3.05, 3.63) is 46.7 Å². The van der Waals surface area contributed by atoms with Crippen LogP contribution in [0.15, 0.2) is 41.1 Å². The van der Waals surface area contributed by atoms with Gasteiger partial charge in [-0.15, -0.1) is 0 Å². The molecule has 4 aromatic rings. The number of fused-ring (bicyclic) bond motifs is 3. The van der Waals surface area contributed by atoms with Gasteiger partial charge in [-0.2, -0.15) is 0 Å². The van der Waals surface area contributed by atoms with E-state index in [-0.39, 0.29) is 11.8 Å². The SMILES string of the molecule is COc1ccc(Cn2cnc3c(Br)cc4nc(NC(=O)C5CC5)sc4c32)cc1. The van der Waals surface area contributed by atoms with Crippen molar-refractivity contribution in [1.82, 2.24) is 14.5 Å². The van der Waals surface area contributed by atoms with E-state index in [0.717, 1.165) is 49.9 Å². The zero-order chi connectivity index (χ0) is 19.3. The highest BCUT2D eigenvalue weighted by atomic mass is 79.9. The fourth-order valence-corrected chi connectivity index (χ4v) is 4.75. The molecule has 0 saturated heterocycles. The first-order valence-corrected chi connectivity index (χ1v) is 10.6. The third kappa shape index (κ3) is 3.16. The van der Waals surface area contributed by atoms with Crippen LogP contribution in [0.5, 0.6) is 5.75 Å². The monoisotopic (exact) mass is 456 g/mol. The molecule has 0 radical (unpaired) electrons. The minimum Gasteiger partial charge on any atom is -0.497 e. The predicted octanol–water partition coefficient (Wildman–Crippen LogP) is 4.81. The highest BCUT2D eigenvalue weighted by Gasteiger charge is 2.30. The molecule has 0 spiro atoms. The molecule has 5 rings (SSSR count). The number of aromatic nitrogens is 3. The Hall–Kier alpha value is -2.45. The van der Waals surface area contributed by atoms with Gasteiger partial charge < -0.3 is 14.6 Å². The molecule has 1 fully saturated rings. The van der Waals surface area contributed by atoms with Gasteiger partial charge in [-0.1, -0.05) is 23.5 Å². The number of nitrogens with one attached hydrogen (secondary N) is 1. The fourth-order valence-electron chi connectivity index (χ4n) is 3.24. The largest absolute Gasteiger partial charge is 0.497 e. The number of imidazole rings is 1. The molecule has 6 nitrogen and oxygen atoms in total. The summed E-state index contributed by atoms with van der Waals surface area (Å²) >= 11 is 5.11. The predicted molar refractivity (Wildman–Crippen MR) is 114 cm³/mol. The van der Waals surface area contributed by atoms with Crippen molar-refractivity contribution >= 4 is 59.6 Å². The third-order valence-electron chi connectivity index (χ3n) is 4.89. The summed E-state index contributed by atoms with van der Waals surface area (Å²) in [7, 11) is 1.66. The van der Waals surface area contributed by atoms with Gasteiger partial charge in [-0.3, -0.25) is 4.79 Å². The smallest absolute Gasteiger partial charge is 0.229 e. The van der Waals surface area contributed by atoms with Crippen LogP contribution in [0, 0.1) is 5.92 Å². The van der Waals surface area contributed by atoms with Gasteiger partial charge in [0, 0.05) is 16.9 Å². The Balaban J connectivity index is 1.56. The molecule has 142 valence electrons. The Morgan fingerprint density at radius 3 is 2.86 bits per heavy atom. The number of amides is 1. The molecule has 2 aromatic carbocycles. The number of thiazole rings is 1. The van der Waals surface area contributed by atoms with Gasteiger partial charge >= 0.3 is 0 Å². The number of hydrogen-bond donors (Lipinski definition) is 1. The van der Waals surface area contributed by atoms with Crippen molar-refractivity contribution < 1.29 is 9.53 Å². The van der Waals surface area contributed by atoms with Gasteiger partial charge in [0.2, 0.25) is 5.91 Å². The summed E-state index contributed by atoms with van der Waals surface area (Å²) in [5, 5.41) is 3.60. The average Bonchev–Trinajstić information content (AvgIpc) is 3.35. The number of halogens is 1. The molecular formula is C20H17BrN4O2S. The zero-order valence-corrected chi connectivity index (χ0v) is 17.5. The summed E-state index contributed by atoms with van der Waals surface area (Å²) in [5.41, 5.74) is 3.92. The highest BCUT2D eigenvalue weighted by molar-refractivity contribution is 9.10. The molecular weight excluding hydrogens is 440 g/mol. The molecule has 1 saturated carbocycles. The standard InChI is InChI=1S/C20H17BrN4O2S/c1-27-13-6-2-11(3-7-13)9-25-10-22-16-14(21)8-15-18(17(16)25)28-20(23-15)24-19(26)12-4-5-12/h2-3,6-8,10,12H,4-5,9H2,1H3,(H,23,24,26). The Morgan fingerprint density at radius 2 is 2.14 bits per heavy atom. The van der Waals surface area contributed by atoms with E-state index in [9.17, 15) is 4.79 Å². The van der Waals surface area contributed by atoms with E-state index in [2.05, 4.69) is 35.8 Å². The molecule has 2 aromatic heterocycles. The average molecular weight is 457 g/mol. The van der Waals surface area contributed by atoms with E-state index in [0.29, 0.717) is 11.7 Å². The first-order valence-electron chi connectivity index (χ1n) is 9.00. The van der Waals surface area contributed by atoms with E-state index in [1.165, 1.54) is 11.3 Å². The number of benzene rings is 2. The van der Waals surface area contributed by atoms with Crippen LogP contribution in [-0.2, 0) is 11.3 Å². The summed E-state index contributed by atoms with van der Waals surface area (Å²) < 4.78 is 9.28. The summed E-state index contributed by atoms with van der Waals surface area (Å²) in [6.45, 7) is 0.688. The molecule has 0 aliphatic heterocycles. The van der Waals surface area contributed by atoms with Crippen LogP contribution in [0.4, 0.5) is 5.13 Å². The Morgan fingerprint density at radius 1 is 1.36 bits per heavy atom. The molecule has 8 heteroatoms. The third-order valence-corrected chi connectivity index (χ3v) is 6.48. The maximum absolute atomic E-state index is 12.1. The highest BCUT2D eigenvalue weighted by Crippen LogP contribution is 2.38. The quantitative estimate of drug-likeness (QED) is 0.467. The molecule has 1 aliphatic carbocycles. The first-order chi connectivity index (χ1) is 13.6. The van der Waals surface area contributed by atoms with E-state index < -0.39 is 0 Å². The second kappa shape index (κ2) is 6.86. The second-order valence-electron chi connectivity index (χ2n) is 6.91. The molecule has 1 aliphatic rings. The molecule has 1 N–H and O–H groups in total. The maximum atomic E-state index is 12.1. The molecule has 2 heterocycles. The zero-order valence-electron chi connectivity index (χ0n) is 15.1. The minimum atomic E-state index is 0.0705. The maximum Gasteiger partial charge on any atom is 0.229 e. The van der Waals surface area contributed by atoms with Crippen molar-refractivity contribution in [2.24, 2.45) is 5.92 Å².